The van der Waals surface area contributed by atoms with Crippen LogP contribution in [0.1, 0.15) is 36.4 Å². The maximum Gasteiger partial charge on any atom is 0.328 e. The Morgan fingerprint density at radius 1 is 1.09 bits per heavy atom. The number of halogens is 1. The lowest BCUT2D eigenvalue weighted by Crippen LogP contribution is -2.33. The van der Waals surface area contributed by atoms with Gasteiger partial charge in [-0.15, -0.1) is 0 Å². The molecule has 0 unspecified atom stereocenters. The van der Waals surface area contributed by atoms with Crippen LogP contribution in [0.2, 0.25) is 0 Å². The predicted octanol–water partition coefficient (Wildman–Crippen LogP) is 2.56. The van der Waals surface area contributed by atoms with E-state index in [2.05, 4.69) is 9.71 Å². The number of rotatable bonds is 11. The van der Waals surface area contributed by atoms with E-state index in [4.69, 9.17) is 4.74 Å². The van der Waals surface area contributed by atoms with E-state index in [1.807, 2.05) is 6.07 Å². The molecule has 3 aromatic rings. The van der Waals surface area contributed by atoms with Gasteiger partial charge in [-0.05, 0) is 60.6 Å². The van der Waals surface area contributed by atoms with E-state index in [1.54, 1.807) is 30.3 Å². The fraction of sp³-hybridized carbons (Fsp3) is 0.333. The van der Waals surface area contributed by atoms with Gasteiger partial charge >= 0.3 is 5.69 Å². The Kier molecular flexibility index (Phi) is 7.28. The van der Waals surface area contributed by atoms with Gasteiger partial charge in [-0.1, -0.05) is 24.3 Å². The van der Waals surface area contributed by atoms with Crippen molar-refractivity contribution in [3.63, 3.8) is 0 Å². The van der Waals surface area contributed by atoms with E-state index in [-0.39, 0.29) is 18.7 Å². The molecule has 2 N–H and O–H groups in total. The van der Waals surface area contributed by atoms with E-state index < -0.39 is 33.1 Å². The van der Waals surface area contributed by atoms with Crippen molar-refractivity contribution in [3.05, 3.63) is 98.6 Å². The molecule has 1 atom stereocenters. The van der Waals surface area contributed by atoms with Crippen molar-refractivity contribution >= 4 is 10.0 Å². The van der Waals surface area contributed by atoms with Crippen LogP contribution in [0.4, 0.5) is 4.39 Å². The number of aromatic amines is 1. The molecule has 0 saturated heterocycles. The van der Waals surface area contributed by atoms with Gasteiger partial charge < -0.3 is 9.30 Å². The number of hydrogen-bond acceptors (Lipinski definition) is 5. The highest BCUT2D eigenvalue weighted by Crippen LogP contribution is 2.31. The van der Waals surface area contributed by atoms with Gasteiger partial charge in [0, 0.05) is 18.8 Å². The molecule has 1 aliphatic carbocycles. The SMILES string of the molecule is O=c1ccn(CCCS(=O)(=O)N[C@H](c2ccc(F)cc2)c2cccc(OCC3CC3)c2)c(=O)[nH]1. The Bertz CT molecular complexity index is 1350. The predicted molar refractivity (Wildman–Crippen MR) is 126 cm³/mol. The molecule has 8 nitrogen and oxygen atoms in total. The smallest absolute Gasteiger partial charge is 0.328 e. The highest BCUT2D eigenvalue weighted by atomic mass is 32.2. The maximum absolute atomic E-state index is 13.5. The number of aromatic nitrogens is 2. The number of ether oxygens (including phenoxy) is 1. The molecule has 1 fully saturated rings. The number of sulfonamides is 1. The highest BCUT2D eigenvalue weighted by molar-refractivity contribution is 7.89. The van der Waals surface area contributed by atoms with Gasteiger partial charge in [0.25, 0.3) is 5.56 Å². The molecule has 1 aliphatic rings. The fourth-order valence-corrected chi connectivity index (χ4v) is 4.81. The first-order valence-electron chi connectivity index (χ1n) is 11.1. The first-order chi connectivity index (χ1) is 16.3. The molecule has 0 amide bonds. The number of aryl methyl sites for hydroxylation is 1. The van der Waals surface area contributed by atoms with Crippen molar-refractivity contribution in [1.82, 2.24) is 14.3 Å². The molecular weight excluding hydrogens is 461 g/mol. The Hall–Kier alpha value is -3.24. The van der Waals surface area contributed by atoms with Crippen LogP contribution in [-0.4, -0.2) is 30.3 Å². The lowest BCUT2D eigenvalue weighted by atomic mass is 9.99. The van der Waals surface area contributed by atoms with Crippen LogP contribution >= 0.6 is 0 Å². The van der Waals surface area contributed by atoms with Crippen molar-refractivity contribution < 1.29 is 17.5 Å². The topological polar surface area (TPSA) is 110 Å². The van der Waals surface area contributed by atoms with Gasteiger partial charge in [0.05, 0.1) is 18.4 Å². The van der Waals surface area contributed by atoms with E-state index in [9.17, 15) is 22.4 Å². The summed E-state index contributed by atoms with van der Waals surface area (Å²) in [4.78, 5) is 25.1. The Morgan fingerprint density at radius 3 is 2.56 bits per heavy atom. The lowest BCUT2D eigenvalue weighted by molar-refractivity contribution is 0.299. The van der Waals surface area contributed by atoms with Gasteiger partial charge in [-0.3, -0.25) is 9.78 Å². The van der Waals surface area contributed by atoms with Gasteiger partial charge in [0.2, 0.25) is 10.0 Å². The summed E-state index contributed by atoms with van der Waals surface area (Å²) in [6, 6.07) is 13.3. The molecule has 0 aliphatic heterocycles. The van der Waals surface area contributed by atoms with E-state index in [1.165, 1.54) is 29.0 Å². The number of H-pyrrole nitrogens is 1. The van der Waals surface area contributed by atoms with Crippen molar-refractivity contribution in [2.75, 3.05) is 12.4 Å². The molecule has 2 aromatic carbocycles. The largest absolute Gasteiger partial charge is 0.493 e. The van der Waals surface area contributed by atoms with E-state index >= 15 is 0 Å². The van der Waals surface area contributed by atoms with Crippen LogP contribution in [0.5, 0.6) is 5.75 Å². The second-order valence-corrected chi connectivity index (χ2v) is 10.3. The molecule has 1 heterocycles. The van der Waals surface area contributed by atoms with Crippen LogP contribution in [0.15, 0.2) is 70.4 Å². The Morgan fingerprint density at radius 2 is 1.85 bits per heavy atom. The molecule has 1 saturated carbocycles. The van der Waals surface area contributed by atoms with Crippen molar-refractivity contribution in [2.45, 2.75) is 31.8 Å². The molecular formula is C24H26FN3O5S. The summed E-state index contributed by atoms with van der Waals surface area (Å²) in [7, 11) is -3.78. The summed E-state index contributed by atoms with van der Waals surface area (Å²) in [6.45, 7) is 0.753. The first kappa shape index (κ1) is 23.9. The molecule has 10 heteroatoms. The van der Waals surface area contributed by atoms with Crippen molar-refractivity contribution in [2.24, 2.45) is 5.92 Å². The fourth-order valence-electron chi connectivity index (χ4n) is 3.55. The zero-order chi connectivity index (χ0) is 24.1. The molecule has 0 radical (unpaired) electrons. The standard InChI is InChI=1S/C24H26FN3O5S/c25-20-9-7-18(8-10-20)23(19-3-1-4-21(15-19)33-16-17-5-6-17)27-34(31,32)14-2-12-28-13-11-22(29)26-24(28)30/h1,3-4,7-11,13,15,17,23,27H,2,5-6,12,14,16H2,(H,26,29,30)/t23-/m1/s1. The summed E-state index contributed by atoms with van der Waals surface area (Å²) in [5.41, 5.74) is 0.146. The van der Waals surface area contributed by atoms with Gasteiger partial charge in [0.15, 0.2) is 0 Å². The minimum absolute atomic E-state index is 0.127. The molecule has 4 rings (SSSR count). The van der Waals surface area contributed by atoms with Crippen LogP contribution in [0, 0.1) is 11.7 Å². The van der Waals surface area contributed by atoms with Crippen LogP contribution < -0.4 is 20.7 Å². The third-order valence-corrected chi connectivity index (χ3v) is 7.00. The second-order valence-electron chi connectivity index (χ2n) is 8.41. The second kappa shape index (κ2) is 10.4. The Balaban J connectivity index is 1.50. The minimum atomic E-state index is -3.78. The van der Waals surface area contributed by atoms with Crippen molar-refractivity contribution in [3.8, 4) is 5.75 Å². The van der Waals surface area contributed by atoms with Gasteiger partial charge in [-0.2, -0.15) is 0 Å². The highest BCUT2D eigenvalue weighted by Gasteiger charge is 2.24. The third kappa shape index (κ3) is 6.64. The van der Waals surface area contributed by atoms with Crippen LogP contribution in [0.3, 0.4) is 0 Å². The number of benzene rings is 2. The molecule has 1 aromatic heterocycles. The quantitative estimate of drug-likeness (QED) is 0.432. The zero-order valence-corrected chi connectivity index (χ0v) is 19.3. The summed E-state index contributed by atoms with van der Waals surface area (Å²) < 4.78 is 49.2. The van der Waals surface area contributed by atoms with Gasteiger partial charge in [0.1, 0.15) is 11.6 Å². The van der Waals surface area contributed by atoms with E-state index in [0.717, 1.165) is 12.8 Å². The summed E-state index contributed by atoms with van der Waals surface area (Å²) in [6.07, 6.45) is 3.80. The van der Waals surface area contributed by atoms with Crippen molar-refractivity contribution in [1.29, 1.82) is 0 Å². The zero-order valence-electron chi connectivity index (χ0n) is 18.4. The van der Waals surface area contributed by atoms with Crippen LogP contribution in [-0.2, 0) is 16.6 Å². The average molecular weight is 488 g/mol. The minimum Gasteiger partial charge on any atom is -0.493 e. The first-order valence-corrected chi connectivity index (χ1v) is 12.7. The summed E-state index contributed by atoms with van der Waals surface area (Å²) >= 11 is 0. The summed E-state index contributed by atoms with van der Waals surface area (Å²) in [5.74, 6) is 0.560. The number of nitrogens with one attached hydrogen (secondary N) is 2. The van der Waals surface area contributed by atoms with Gasteiger partial charge in [-0.25, -0.2) is 22.3 Å². The third-order valence-electron chi connectivity index (χ3n) is 5.58. The normalized spacial score (nSPS) is 14.6. The molecule has 0 spiro atoms. The molecule has 34 heavy (non-hydrogen) atoms. The molecule has 0 bridgehead atoms. The van der Waals surface area contributed by atoms with E-state index in [0.29, 0.717) is 29.4 Å². The number of hydrogen-bond donors (Lipinski definition) is 2. The van der Waals surface area contributed by atoms with Crippen LogP contribution in [0.25, 0.3) is 0 Å². The average Bonchev–Trinajstić information content (AvgIpc) is 3.63. The monoisotopic (exact) mass is 487 g/mol. The maximum atomic E-state index is 13.5. The summed E-state index contributed by atoms with van der Waals surface area (Å²) in [5, 5.41) is 0. The molecule has 180 valence electrons. The Labute approximate surface area is 196 Å². The lowest BCUT2D eigenvalue weighted by Gasteiger charge is -2.21. The number of nitrogens with zero attached hydrogens (tertiary/aromatic N) is 1.